The molecule has 34 heavy (non-hydrogen) atoms. The average Bonchev–Trinajstić information content (AvgIpc) is 3.26. The SMILES string of the molecule is CCCc1sc(NC(=O)CCC(=O)c2ccc(Oc3ccccc3)cc2)nc1-c1ccccc1. The molecule has 5 nitrogen and oxygen atoms in total. The molecule has 0 atom stereocenters. The van der Waals surface area contributed by atoms with Crippen LogP contribution in [0.3, 0.4) is 0 Å². The summed E-state index contributed by atoms with van der Waals surface area (Å²) < 4.78 is 5.76. The minimum absolute atomic E-state index is 0.0859. The van der Waals surface area contributed by atoms with Gasteiger partial charge in [-0.25, -0.2) is 4.98 Å². The van der Waals surface area contributed by atoms with Gasteiger partial charge in [-0.1, -0.05) is 61.9 Å². The van der Waals surface area contributed by atoms with E-state index in [0.29, 0.717) is 16.4 Å². The summed E-state index contributed by atoms with van der Waals surface area (Å²) in [5, 5.41) is 3.44. The van der Waals surface area contributed by atoms with Crippen LogP contribution >= 0.6 is 11.3 Å². The third-order valence-corrected chi connectivity index (χ3v) is 6.23. The van der Waals surface area contributed by atoms with Crippen LogP contribution in [0.4, 0.5) is 5.13 Å². The summed E-state index contributed by atoms with van der Waals surface area (Å²) in [6, 6.07) is 26.4. The highest BCUT2D eigenvalue weighted by molar-refractivity contribution is 7.16. The number of nitrogens with zero attached hydrogens (tertiary/aromatic N) is 1. The molecule has 1 heterocycles. The quantitative estimate of drug-likeness (QED) is 0.250. The van der Waals surface area contributed by atoms with Crippen LogP contribution in [0.25, 0.3) is 11.3 Å². The van der Waals surface area contributed by atoms with Gasteiger partial charge in [0.1, 0.15) is 11.5 Å². The van der Waals surface area contributed by atoms with Crippen LogP contribution in [0.1, 0.15) is 41.4 Å². The van der Waals surface area contributed by atoms with Crippen molar-refractivity contribution in [2.75, 3.05) is 5.32 Å². The van der Waals surface area contributed by atoms with Crippen molar-refractivity contribution < 1.29 is 14.3 Å². The van der Waals surface area contributed by atoms with E-state index in [9.17, 15) is 9.59 Å². The molecular weight excluding hydrogens is 444 g/mol. The van der Waals surface area contributed by atoms with Crippen molar-refractivity contribution in [2.24, 2.45) is 0 Å². The van der Waals surface area contributed by atoms with Crippen LogP contribution in [0, 0.1) is 0 Å². The summed E-state index contributed by atoms with van der Waals surface area (Å²) in [5.41, 5.74) is 2.51. The lowest BCUT2D eigenvalue weighted by molar-refractivity contribution is -0.116. The number of hydrogen-bond acceptors (Lipinski definition) is 5. The highest BCUT2D eigenvalue weighted by Gasteiger charge is 2.15. The number of amides is 1. The molecule has 3 aromatic carbocycles. The monoisotopic (exact) mass is 470 g/mol. The van der Waals surface area contributed by atoms with Crippen LogP contribution in [-0.4, -0.2) is 16.7 Å². The van der Waals surface area contributed by atoms with E-state index in [4.69, 9.17) is 4.74 Å². The van der Waals surface area contributed by atoms with Crippen molar-refractivity contribution in [3.05, 3.63) is 95.4 Å². The second-order valence-corrected chi connectivity index (χ2v) is 8.90. The van der Waals surface area contributed by atoms with E-state index in [-0.39, 0.29) is 24.5 Å². The molecule has 0 radical (unpaired) electrons. The Hall–Kier alpha value is -3.77. The molecule has 1 aromatic heterocycles. The molecular formula is C28H26N2O3S. The lowest BCUT2D eigenvalue weighted by Gasteiger charge is -2.06. The summed E-state index contributed by atoms with van der Waals surface area (Å²) in [6.07, 6.45) is 2.13. The van der Waals surface area contributed by atoms with Gasteiger partial charge in [0.05, 0.1) is 5.69 Å². The molecule has 0 unspecified atom stereocenters. The number of nitrogens with one attached hydrogen (secondary N) is 1. The van der Waals surface area contributed by atoms with Crippen LogP contribution in [-0.2, 0) is 11.2 Å². The molecule has 4 rings (SSSR count). The lowest BCUT2D eigenvalue weighted by atomic mass is 10.1. The maximum Gasteiger partial charge on any atom is 0.226 e. The summed E-state index contributed by atoms with van der Waals surface area (Å²) in [4.78, 5) is 30.9. The second-order valence-electron chi connectivity index (χ2n) is 7.82. The first kappa shape index (κ1) is 23.4. The second kappa shape index (κ2) is 11.4. The number of para-hydroxylation sites is 1. The largest absolute Gasteiger partial charge is 0.457 e. The summed E-state index contributed by atoms with van der Waals surface area (Å²) in [5.74, 6) is 1.09. The molecule has 172 valence electrons. The van der Waals surface area contributed by atoms with Gasteiger partial charge in [0.25, 0.3) is 0 Å². The Morgan fingerprint density at radius 1 is 0.853 bits per heavy atom. The fourth-order valence-electron chi connectivity index (χ4n) is 3.51. The lowest BCUT2D eigenvalue weighted by Crippen LogP contribution is -2.13. The Kier molecular flexibility index (Phi) is 7.83. The van der Waals surface area contributed by atoms with Crippen molar-refractivity contribution in [1.29, 1.82) is 0 Å². The minimum Gasteiger partial charge on any atom is -0.457 e. The Bertz CT molecular complexity index is 1240. The molecule has 0 fully saturated rings. The van der Waals surface area contributed by atoms with Crippen LogP contribution in [0.15, 0.2) is 84.9 Å². The van der Waals surface area contributed by atoms with Crippen molar-refractivity contribution >= 4 is 28.2 Å². The molecule has 4 aromatic rings. The number of hydrogen-bond donors (Lipinski definition) is 1. The minimum atomic E-state index is -0.214. The van der Waals surface area contributed by atoms with Gasteiger partial charge >= 0.3 is 0 Å². The Morgan fingerprint density at radius 2 is 1.50 bits per heavy atom. The number of ketones is 1. The van der Waals surface area contributed by atoms with Crippen LogP contribution < -0.4 is 10.1 Å². The number of aryl methyl sites for hydroxylation is 1. The van der Waals surface area contributed by atoms with Gasteiger partial charge in [-0.2, -0.15) is 0 Å². The predicted molar refractivity (Wildman–Crippen MR) is 137 cm³/mol. The van der Waals surface area contributed by atoms with E-state index in [1.165, 1.54) is 11.3 Å². The first-order chi connectivity index (χ1) is 16.6. The third-order valence-electron chi connectivity index (χ3n) is 5.20. The number of thiazole rings is 1. The summed E-state index contributed by atoms with van der Waals surface area (Å²) >= 11 is 1.50. The Balaban J connectivity index is 1.33. The Labute approximate surface area is 203 Å². The fourth-order valence-corrected chi connectivity index (χ4v) is 4.61. The maximum absolute atomic E-state index is 12.6. The third kappa shape index (κ3) is 6.17. The summed E-state index contributed by atoms with van der Waals surface area (Å²) in [7, 11) is 0. The summed E-state index contributed by atoms with van der Waals surface area (Å²) in [6.45, 7) is 2.12. The van der Waals surface area contributed by atoms with Crippen LogP contribution in [0.5, 0.6) is 11.5 Å². The van der Waals surface area contributed by atoms with Gasteiger partial charge < -0.3 is 10.1 Å². The highest BCUT2D eigenvalue weighted by atomic mass is 32.1. The highest BCUT2D eigenvalue weighted by Crippen LogP contribution is 2.32. The predicted octanol–water partition coefficient (Wildman–Crippen LogP) is 7.16. The normalized spacial score (nSPS) is 10.6. The number of ether oxygens (including phenoxy) is 1. The van der Waals surface area contributed by atoms with Gasteiger partial charge in [0.15, 0.2) is 10.9 Å². The van der Waals surface area contributed by atoms with E-state index >= 15 is 0 Å². The van der Waals surface area contributed by atoms with E-state index in [1.807, 2.05) is 60.7 Å². The fraction of sp³-hybridized carbons (Fsp3) is 0.179. The van der Waals surface area contributed by atoms with E-state index in [1.54, 1.807) is 24.3 Å². The van der Waals surface area contributed by atoms with E-state index in [2.05, 4.69) is 17.2 Å². The molecule has 0 saturated heterocycles. The van der Waals surface area contributed by atoms with Gasteiger partial charge in [-0.05, 0) is 42.8 Å². The topological polar surface area (TPSA) is 68.3 Å². The molecule has 1 N–H and O–H groups in total. The number of carbonyl (C=O) groups excluding carboxylic acids is 2. The first-order valence-electron chi connectivity index (χ1n) is 11.3. The van der Waals surface area contributed by atoms with Gasteiger partial charge in [0, 0.05) is 28.8 Å². The number of Topliss-reactive ketones (excluding diaryl/α,β-unsaturated/α-hetero) is 1. The zero-order chi connectivity index (χ0) is 23.8. The first-order valence-corrected chi connectivity index (χ1v) is 12.1. The number of rotatable bonds is 10. The number of carbonyl (C=O) groups is 2. The zero-order valence-corrected chi connectivity index (χ0v) is 19.8. The van der Waals surface area contributed by atoms with Gasteiger partial charge in [-0.3, -0.25) is 9.59 Å². The Morgan fingerprint density at radius 3 is 2.18 bits per heavy atom. The van der Waals surface area contributed by atoms with E-state index < -0.39 is 0 Å². The van der Waals surface area contributed by atoms with Crippen molar-refractivity contribution in [3.8, 4) is 22.8 Å². The van der Waals surface area contributed by atoms with Crippen molar-refractivity contribution in [2.45, 2.75) is 32.6 Å². The van der Waals surface area contributed by atoms with Gasteiger partial charge in [-0.15, -0.1) is 11.3 Å². The number of aromatic nitrogens is 1. The molecule has 1 amide bonds. The molecule has 0 aliphatic heterocycles. The van der Waals surface area contributed by atoms with E-state index in [0.717, 1.165) is 34.7 Å². The standard InChI is InChI=1S/C28H26N2O3S/c1-2-9-25-27(21-10-5-3-6-11-21)30-28(34-25)29-26(32)19-18-24(31)20-14-16-23(17-15-20)33-22-12-7-4-8-13-22/h3-8,10-17H,2,9,18-19H2,1H3,(H,29,30,32). The number of benzene rings is 3. The molecule has 0 saturated carbocycles. The van der Waals surface area contributed by atoms with Crippen molar-refractivity contribution in [1.82, 2.24) is 4.98 Å². The molecule has 0 bridgehead atoms. The molecule has 0 aliphatic rings. The molecule has 0 spiro atoms. The van der Waals surface area contributed by atoms with Crippen molar-refractivity contribution in [3.63, 3.8) is 0 Å². The van der Waals surface area contributed by atoms with Gasteiger partial charge in [0.2, 0.25) is 5.91 Å². The average molecular weight is 471 g/mol. The smallest absolute Gasteiger partial charge is 0.226 e. The zero-order valence-electron chi connectivity index (χ0n) is 19.0. The number of anilines is 1. The maximum atomic E-state index is 12.6. The van der Waals surface area contributed by atoms with Crippen LogP contribution in [0.2, 0.25) is 0 Å². The molecule has 6 heteroatoms. The molecule has 0 aliphatic carbocycles.